The normalized spacial score (nSPS) is 14.2. The van der Waals surface area contributed by atoms with E-state index in [1.807, 2.05) is 13.8 Å². The lowest BCUT2D eigenvalue weighted by molar-refractivity contribution is -0.385. The predicted octanol–water partition coefficient (Wildman–Crippen LogP) is 0.891. The molecule has 0 spiro atoms. The molecule has 0 aliphatic rings. The molecule has 1 unspecified atom stereocenters. The number of hydrogen-bond donors (Lipinski definition) is 1. The summed E-state index contributed by atoms with van der Waals surface area (Å²) in [7, 11) is 0. The van der Waals surface area contributed by atoms with E-state index in [4.69, 9.17) is 10.5 Å². The van der Waals surface area contributed by atoms with Gasteiger partial charge in [0.15, 0.2) is 0 Å². The van der Waals surface area contributed by atoms with Crippen LogP contribution in [0.2, 0.25) is 0 Å². The molecule has 0 saturated heterocycles. The molecule has 1 heterocycles. The minimum atomic E-state index is -0.567. The molecule has 0 amide bonds. The number of nitro groups is 1. The molecule has 1 rings (SSSR count). The van der Waals surface area contributed by atoms with Crippen molar-refractivity contribution in [3.8, 4) is 6.01 Å². The SMILES string of the molecule is CCC(C)(N)COc1ncc([N+](=O)[O-])cn1. The van der Waals surface area contributed by atoms with Crippen LogP contribution >= 0.6 is 0 Å². The Morgan fingerprint density at radius 1 is 1.56 bits per heavy atom. The Labute approximate surface area is 92.8 Å². The molecular formula is C9H14N4O3. The summed E-state index contributed by atoms with van der Waals surface area (Å²) >= 11 is 0. The number of nitrogens with zero attached hydrogens (tertiary/aromatic N) is 3. The summed E-state index contributed by atoms with van der Waals surface area (Å²) in [6, 6.07) is 0.0933. The third kappa shape index (κ3) is 3.43. The first-order valence-electron chi connectivity index (χ1n) is 4.83. The van der Waals surface area contributed by atoms with E-state index in [1.54, 1.807) is 0 Å². The Kier molecular flexibility index (Phi) is 3.73. The maximum atomic E-state index is 10.3. The number of rotatable bonds is 5. The summed E-state index contributed by atoms with van der Waals surface area (Å²) in [6.45, 7) is 4.06. The van der Waals surface area contributed by atoms with E-state index in [0.29, 0.717) is 0 Å². The Hall–Kier alpha value is -1.76. The molecule has 0 aliphatic carbocycles. The van der Waals surface area contributed by atoms with Gasteiger partial charge >= 0.3 is 11.7 Å². The van der Waals surface area contributed by atoms with Crippen LogP contribution in [0.25, 0.3) is 0 Å². The lowest BCUT2D eigenvalue weighted by atomic mass is 10.0. The topological polar surface area (TPSA) is 104 Å². The minimum absolute atomic E-state index is 0.0933. The monoisotopic (exact) mass is 226 g/mol. The fourth-order valence-electron chi connectivity index (χ4n) is 0.810. The summed E-state index contributed by atoms with van der Waals surface area (Å²) in [4.78, 5) is 17.2. The minimum Gasteiger partial charge on any atom is -0.462 e. The highest BCUT2D eigenvalue weighted by molar-refractivity contribution is 5.21. The van der Waals surface area contributed by atoms with Crippen LogP contribution in [0.15, 0.2) is 12.4 Å². The maximum absolute atomic E-state index is 10.3. The van der Waals surface area contributed by atoms with E-state index in [9.17, 15) is 10.1 Å². The Morgan fingerprint density at radius 2 is 2.12 bits per heavy atom. The van der Waals surface area contributed by atoms with Crippen LogP contribution in [-0.4, -0.2) is 27.0 Å². The van der Waals surface area contributed by atoms with Crippen molar-refractivity contribution in [1.82, 2.24) is 9.97 Å². The zero-order valence-electron chi connectivity index (χ0n) is 9.21. The molecular weight excluding hydrogens is 212 g/mol. The number of aromatic nitrogens is 2. The molecule has 16 heavy (non-hydrogen) atoms. The van der Waals surface area contributed by atoms with Crippen LogP contribution < -0.4 is 10.5 Å². The van der Waals surface area contributed by atoms with Crippen molar-refractivity contribution in [1.29, 1.82) is 0 Å². The van der Waals surface area contributed by atoms with Gasteiger partial charge in [-0.3, -0.25) is 10.1 Å². The zero-order chi connectivity index (χ0) is 12.2. The molecule has 0 aromatic carbocycles. The van der Waals surface area contributed by atoms with Gasteiger partial charge in [0.25, 0.3) is 0 Å². The van der Waals surface area contributed by atoms with Crippen molar-refractivity contribution >= 4 is 5.69 Å². The summed E-state index contributed by atoms with van der Waals surface area (Å²) in [5, 5.41) is 10.3. The molecule has 7 heteroatoms. The van der Waals surface area contributed by atoms with Crippen molar-refractivity contribution in [2.24, 2.45) is 5.73 Å². The number of nitrogens with two attached hydrogens (primary N) is 1. The molecule has 88 valence electrons. The highest BCUT2D eigenvalue weighted by Crippen LogP contribution is 2.11. The standard InChI is InChI=1S/C9H14N4O3/c1-3-9(2,10)6-16-8-11-4-7(5-12-8)13(14)15/h4-5H,3,6,10H2,1-2H3. The molecule has 1 atom stereocenters. The Balaban J connectivity index is 2.59. The molecule has 0 radical (unpaired) electrons. The van der Waals surface area contributed by atoms with E-state index in [-0.39, 0.29) is 18.3 Å². The van der Waals surface area contributed by atoms with E-state index in [0.717, 1.165) is 18.8 Å². The zero-order valence-corrected chi connectivity index (χ0v) is 9.21. The van der Waals surface area contributed by atoms with Gasteiger partial charge in [0.1, 0.15) is 19.0 Å². The summed E-state index contributed by atoms with van der Waals surface area (Å²) in [5.74, 6) is 0. The first-order valence-corrected chi connectivity index (χ1v) is 4.83. The molecule has 0 aliphatic heterocycles. The lowest BCUT2D eigenvalue weighted by Crippen LogP contribution is -2.41. The lowest BCUT2D eigenvalue weighted by Gasteiger charge is -2.21. The molecule has 0 fully saturated rings. The highest BCUT2D eigenvalue weighted by Gasteiger charge is 2.17. The van der Waals surface area contributed by atoms with Crippen molar-refractivity contribution in [2.75, 3.05) is 6.61 Å². The van der Waals surface area contributed by atoms with Gasteiger partial charge in [-0.1, -0.05) is 6.92 Å². The first-order chi connectivity index (χ1) is 7.44. The summed E-state index contributed by atoms with van der Waals surface area (Å²) in [6.07, 6.45) is 2.95. The first kappa shape index (κ1) is 12.3. The van der Waals surface area contributed by atoms with Crippen LogP contribution in [-0.2, 0) is 0 Å². The second-order valence-corrected chi connectivity index (χ2v) is 3.78. The third-order valence-electron chi connectivity index (χ3n) is 2.16. The van der Waals surface area contributed by atoms with Crippen LogP contribution in [0.1, 0.15) is 20.3 Å². The van der Waals surface area contributed by atoms with E-state index >= 15 is 0 Å². The smallest absolute Gasteiger partial charge is 0.316 e. The molecule has 2 N–H and O–H groups in total. The maximum Gasteiger partial charge on any atom is 0.316 e. The second kappa shape index (κ2) is 4.84. The van der Waals surface area contributed by atoms with Gasteiger partial charge in [-0.2, -0.15) is 9.97 Å². The second-order valence-electron chi connectivity index (χ2n) is 3.78. The Morgan fingerprint density at radius 3 is 2.56 bits per heavy atom. The molecule has 1 aromatic rings. The average molecular weight is 226 g/mol. The Bertz CT molecular complexity index is 364. The van der Waals surface area contributed by atoms with Crippen molar-refractivity contribution < 1.29 is 9.66 Å². The van der Waals surface area contributed by atoms with Gasteiger partial charge in [0, 0.05) is 5.54 Å². The van der Waals surface area contributed by atoms with Gasteiger partial charge in [0.2, 0.25) is 0 Å². The van der Waals surface area contributed by atoms with Gasteiger partial charge < -0.3 is 10.5 Å². The van der Waals surface area contributed by atoms with Crippen LogP contribution in [0.3, 0.4) is 0 Å². The van der Waals surface area contributed by atoms with Crippen LogP contribution in [0.5, 0.6) is 6.01 Å². The predicted molar refractivity (Wildman–Crippen MR) is 57.1 cm³/mol. The van der Waals surface area contributed by atoms with E-state index in [1.165, 1.54) is 0 Å². The molecule has 0 saturated carbocycles. The van der Waals surface area contributed by atoms with Gasteiger partial charge in [-0.15, -0.1) is 0 Å². The third-order valence-corrected chi connectivity index (χ3v) is 2.16. The van der Waals surface area contributed by atoms with E-state index < -0.39 is 10.5 Å². The fourth-order valence-corrected chi connectivity index (χ4v) is 0.810. The molecule has 1 aromatic heterocycles. The van der Waals surface area contributed by atoms with Gasteiger partial charge in [-0.25, -0.2) is 0 Å². The quantitative estimate of drug-likeness (QED) is 0.590. The van der Waals surface area contributed by atoms with Gasteiger partial charge in [-0.05, 0) is 13.3 Å². The van der Waals surface area contributed by atoms with Crippen molar-refractivity contribution in [2.45, 2.75) is 25.8 Å². The number of hydrogen-bond acceptors (Lipinski definition) is 6. The summed E-state index contributed by atoms with van der Waals surface area (Å²) in [5.41, 5.74) is 5.23. The molecule has 7 nitrogen and oxygen atoms in total. The summed E-state index contributed by atoms with van der Waals surface area (Å²) < 4.78 is 5.23. The highest BCUT2D eigenvalue weighted by atomic mass is 16.6. The van der Waals surface area contributed by atoms with Gasteiger partial charge in [0.05, 0.1) is 4.92 Å². The van der Waals surface area contributed by atoms with Crippen molar-refractivity contribution in [3.63, 3.8) is 0 Å². The number of ether oxygens (including phenoxy) is 1. The van der Waals surface area contributed by atoms with Crippen molar-refractivity contribution in [3.05, 3.63) is 22.5 Å². The van der Waals surface area contributed by atoms with E-state index in [2.05, 4.69) is 9.97 Å². The van der Waals surface area contributed by atoms with Crippen LogP contribution in [0, 0.1) is 10.1 Å². The fraction of sp³-hybridized carbons (Fsp3) is 0.556. The largest absolute Gasteiger partial charge is 0.462 e. The van der Waals surface area contributed by atoms with Crippen LogP contribution in [0.4, 0.5) is 5.69 Å². The molecule has 0 bridgehead atoms. The average Bonchev–Trinajstić information content (AvgIpc) is 2.27.